The number of phosphoric acid groups is 1. The number of allylic oxidation sites excluding steroid dienone is 7. The largest absolute Gasteiger partial charge is 0.472 e. The zero-order valence-electron chi connectivity index (χ0n) is 59.0. The van der Waals surface area contributed by atoms with Gasteiger partial charge in [0.15, 0.2) is 0 Å². The van der Waals surface area contributed by atoms with Gasteiger partial charge in [-0.25, -0.2) is 4.57 Å². The predicted octanol–water partition coefficient (Wildman–Crippen LogP) is 25.0. The van der Waals surface area contributed by atoms with Crippen LogP contribution in [-0.2, 0) is 18.4 Å². The number of rotatable bonds is 72. The molecule has 0 aliphatic heterocycles. The lowest BCUT2D eigenvalue weighted by Gasteiger charge is -2.25. The SMILES string of the molecule is CCCCCCC/C=C\C/C=C\C/C=C\CCCCCCCCCCCCCCCCCCCCCCC(=O)NC(COP(=O)(O)OCC[N+](C)(C)C)C(O)/C=C/CCCCCCCCCCCCCCCCCCCCCCCCCCCCCC. The Morgan fingerprint density at radius 1 is 0.391 bits per heavy atom. The molecule has 1 amide bonds. The number of quaternary nitrogens is 1. The summed E-state index contributed by atoms with van der Waals surface area (Å²) in [5.74, 6) is -0.169. The van der Waals surface area contributed by atoms with Crippen LogP contribution in [0.4, 0.5) is 0 Å². The third kappa shape index (κ3) is 71.8. The summed E-state index contributed by atoms with van der Waals surface area (Å²) in [5.41, 5.74) is 0. The first-order valence-electron chi connectivity index (χ1n) is 38.5. The molecule has 0 radical (unpaired) electrons. The van der Waals surface area contributed by atoms with E-state index in [9.17, 15) is 19.4 Å². The van der Waals surface area contributed by atoms with Crippen molar-refractivity contribution in [1.29, 1.82) is 0 Å². The minimum absolute atomic E-state index is 0.0631. The van der Waals surface area contributed by atoms with Crippen molar-refractivity contribution in [3.8, 4) is 0 Å². The highest BCUT2D eigenvalue weighted by molar-refractivity contribution is 7.47. The Balaban J connectivity index is 3.98. The van der Waals surface area contributed by atoms with Crippen molar-refractivity contribution in [2.45, 2.75) is 405 Å². The lowest BCUT2D eigenvalue weighted by atomic mass is 10.0. The maximum Gasteiger partial charge on any atom is 0.472 e. The topological polar surface area (TPSA) is 105 Å². The van der Waals surface area contributed by atoms with E-state index < -0.39 is 20.0 Å². The van der Waals surface area contributed by atoms with Crippen LogP contribution in [0.3, 0.4) is 0 Å². The van der Waals surface area contributed by atoms with Gasteiger partial charge in [-0.05, 0) is 57.8 Å². The minimum atomic E-state index is -4.36. The maximum atomic E-state index is 13.1. The maximum absolute atomic E-state index is 13.1. The number of carbonyl (C=O) groups excluding carboxylic acids is 1. The molecule has 8 nitrogen and oxygen atoms in total. The molecule has 0 saturated carbocycles. The highest BCUT2D eigenvalue weighted by atomic mass is 31.2. The second kappa shape index (κ2) is 68.8. The van der Waals surface area contributed by atoms with E-state index in [0.29, 0.717) is 17.4 Å². The number of aliphatic hydroxyl groups is 1. The predicted molar refractivity (Wildman–Crippen MR) is 383 cm³/mol. The Hall–Kier alpha value is -1.54. The lowest BCUT2D eigenvalue weighted by molar-refractivity contribution is -0.870. The van der Waals surface area contributed by atoms with Gasteiger partial charge in [0.2, 0.25) is 5.91 Å². The summed E-state index contributed by atoms with van der Waals surface area (Å²) in [6.07, 6.45) is 94.3. The Morgan fingerprint density at radius 2 is 0.655 bits per heavy atom. The van der Waals surface area contributed by atoms with Gasteiger partial charge in [-0.3, -0.25) is 13.8 Å². The van der Waals surface area contributed by atoms with Gasteiger partial charge in [-0.15, -0.1) is 0 Å². The summed E-state index contributed by atoms with van der Waals surface area (Å²) in [5, 5.41) is 14.1. The zero-order valence-corrected chi connectivity index (χ0v) is 59.9. The molecule has 0 fully saturated rings. The first-order chi connectivity index (χ1) is 42.5. The van der Waals surface area contributed by atoms with Gasteiger partial charge in [-0.2, -0.15) is 0 Å². The van der Waals surface area contributed by atoms with Gasteiger partial charge in [0.25, 0.3) is 0 Å². The van der Waals surface area contributed by atoms with Gasteiger partial charge in [0, 0.05) is 6.42 Å². The van der Waals surface area contributed by atoms with E-state index in [1.165, 1.54) is 327 Å². The molecular weight excluding hydrogens is 1090 g/mol. The summed E-state index contributed by atoms with van der Waals surface area (Å²) >= 11 is 0. The molecule has 0 heterocycles. The minimum Gasteiger partial charge on any atom is -0.387 e. The summed E-state index contributed by atoms with van der Waals surface area (Å²) in [6, 6.07) is -0.848. The highest BCUT2D eigenvalue weighted by Crippen LogP contribution is 2.43. The average molecular weight is 1250 g/mol. The van der Waals surface area contributed by atoms with E-state index in [4.69, 9.17) is 9.05 Å². The fourth-order valence-electron chi connectivity index (χ4n) is 11.8. The Labute approximate surface area is 543 Å². The molecule has 0 rings (SSSR count). The number of amides is 1. The van der Waals surface area contributed by atoms with E-state index >= 15 is 0 Å². The van der Waals surface area contributed by atoms with E-state index in [-0.39, 0.29) is 19.1 Å². The van der Waals surface area contributed by atoms with E-state index in [1.54, 1.807) is 6.08 Å². The van der Waals surface area contributed by atoms with Crippen molar-refractivity contribution in [2.24, 2.45) is 0 Å². The van der Waals surface area contributed by atoms with Crippen LogP contribution in [0.5, 0.6) is 0 Å². The monoisotopic (exact) mass is 1240 g/mol. The normalized spacial score (nSPS) is 13.8. The molecular formula is C78H152N2O6P+. The smallest absolute Gasteiger partial charge is 0.387 e. The second-order valence-corrected chi connectivity index (χ2v) is 29.2. The Kier molecular flexibility index (Phi) is 67.6. The van der Waals surface area contributed by atoms with Crippen molar-refractivity contribution in [2.75, 3.05) is 40.9 Å². The van der Waals surface area contributed by atoms with Gasteiger partial charge >= 0.3 is 7.82 Å². The van der Waals surface area contributed by atoms with Gasteiger partial charge in [0.1, 0.15) is 13.2 Å². The van der Waals surface area contributed by atoms with Crippen molar-refractivity contribution in [1.82, 2.24) is 5.32 Å². The molecule has 0 aromatic rings. The van der Waals surface area contributed by atoms with Gasteiger partial charge in [-0.1, -0.05) is 377 Å². The first-order valence-corrected chi connectivity index (χ1v) is 40.0. The quantitative estimate of drug-likeness (QED) is 0.0243. The number of nitrogens with one attached hydrogen (secondary N) is 1. The average Bonchev–Trinajstić information content (AvgIpc) is 3.70. The molecule has 0 aromatic carbocycles. The first kappa shape index (κ1) is 85.5. The number of carbonyl (C=O) groups is 1. The van der Waals surface area contributed by atoms with Gasteiger partial charge in [0.05, 0.1) is 39.9 Å². The highest BCUT2D eigenvalue weighted by Gasteiger charge is 2.28. The van der Waals surface area contributed by atoms with E-state index in [1.807, 2.05) is 27.2 Å². The van der Waals surface area contributed by atoms with Crippen LogP contribution < -0.4 is 5.32 Å². The molecule has 0 aliphatic rings. The Bertz CT molecular complexity index is 1560. The van der Waals surface area contributed by atoms with Crippen LogP contribution in [0.15, 0.2) is 48.6 Å². The van der Waals surface area contributed by atoms with Gasteiger partial charge < -0.3 is 19.8 Å². The number of likely N-dealkylation sites (N-methyl/N-ethyl adjacent to an activating group) is 1. The van der Waals surface area contributed by atoms with Crippen molar-refractivity contribution >= 4 is 13.7 Å². The molecule has 514 valence electrons. The molecule has 3 atom stereocenters. The molecule has 0 bridgehead atoms. The van der Waals surface area contributed by atoms with Crippen LogP contribution in [0.25, 0.3) is 0 Å². The molecule has 0 aliphatic carbocycles. The molecule has 0 aromatic heterocycles. The number of unbranched alkanes of at least 4 members (excludes halogenated alkanes) is 53. The molecule has 3 unspecified atom stereocenters. The third-order valence-electron chi connectivity index (χ3n) is 17.8. The van der Waals surface area contributed by atoms with Crippen molar-refractivity contribution < 1.29 is 32.9 Å². The molecule has 0 saturated heterocycles. The zero-order chi connectivity index (χ0) is 63.4. The molecule has 87 heavy (non-hydrogen) atoms. The van der Waals surface area contributed by atoms with Crippen molar-refractivity contribution in [3.63, 3.8) is 0 Å². The van der Waals surface area contributed by atoms with Crippen LogP contribution in [0.2, 0.25) is 0 Å². The number of hydrogen-bond donors (Lipinski definition) is 3. The number of phosphoric ester groups is 1. The molecule has 3 N–H and O–H groups in total. The third-order valence-corrected chi connectivity index (χ3v) is 18.8. The Morgan fingerprint density at radius 3 is 0.954 bits per heavy atom. The number of nitrogens with zero attached hydrogens (tertiary/aromatic N) is 1. The number of hydrogen-bond acceptors (Lipinski definition) is 5. The fraction of sp³-hybridized carbons (Fsp3) is 0.885. The molecule has 0 spiro atoms. The summed E-state index contributed by atoms with van der Waals surface area (Å²) in [7, 11) is 1.59. The lowest BCUT2D eigenvalue weighted by Crippen LogP contribution is -2.45. The van der Waals surface area contributed by atoms with Crippen LogP contribution >= 0.6 is 7.82 Å². The second-order valence-electron chi connectivity index (χ2n) is 27.7. The fourth-order valence-corrected chi connectivity index (χ4v) is 12.6. The summed E-state index contributed by atoms with van der Waals surface area (Å²) in [4.78, 5) is 23.5. The standard InChI is InChI=1S/C78H151N2O6P/c1-6-8-10-12-14-16-18-20-22-24-26-28-30-32-34-36-38-39-40-41-42-44-46-48-50-52-54-56-58-60-62-64-66-68-70-72-78(82)79-76(75-86-87(83,84)85-74-73-80(3,4)5)77(81)71-69-67-65-63-61-59-57-55-53-51-49-47-45-43-37-35-33-31-29-27-25-23-21-19-17-15-13-11-9-7-2/h18,20,24,26,30,32,69,71,76-77,81H,6-17,19,21-23,25,27-29,31,33-68,70,72-75H2,1-5H3,(H-,79,82,83,84)/p+1/b20-18-,26-24-,32-30-,71-69+. The van der Waals surface area contributed by atoms with Crippen molar-refractivity contribution in [3.05, 3.63) is 48.6 Å². The summed E-state index contributed by atoms with van der Waals surface area (Å²) in [6.45, 7) is 4.86. The number of aliphatic hydroxyl groups excluding tert-OH is 1. The summed E-state index contributed by atoms with van der Waals surface area (Å²) < 4.78 is 23.9. The van der Waals surface area contributed by atoms with Crippen LogP contribution in [-0.4, -0.2) is 73.4 Å². The van der Waals surface area contributed by atoms with E-state index in [0.717, 1.165) is 44.9 Å². The van der Waals surface area contributed by atoms with Crippen LogP contribution in [0, 0.1) is 0 Å². The van der Waals surface area contributed by atoms with E-state index in [2.05, 4.69) is 55.6 Å². The molecule has 9 heteroatoms. The van der Waals surface area contributed by atoms with Crippen LogP contribution in [0.1, 0.15) is 393 Å².